The van der Waals surface area contributed by atoms with Crippen LogP contribution in [-0.2, 0) is 6.54 Å². The van der Waals surface area contributed by atoms with E-state index in [0.717, 1.165) is 6.54 Å². The average molecular weight is 299 g/mol. The van der Waals surface area contributed by atoms with Gasteiger partial charge in [0.15, 0.2) is 0 Å². The van der Waals surface area contributed by atoms with Crippen LogP contribution in [0.4, 0.5) is 0 Å². The van der Waals surface area contributed by atoms with E-state index in [2.05, 4.69) is 86.0 Å². The summed E-state index contributed by atoms with van der Waals surface area (Å²) in [6, 6.07) is 22.0. The van der Waals surface area contributed by atoms with Gasteiger partial charge in [-0.15, -0.1) is 0 Å². The quantitative estimate of drug-likeness (QED) is 0.421. The molecule has 0 unspecified atom stereocenters. The molecular formula is C22H21N. The third-order valence-corrected chi connectivity index (χ3v) is 4.73. The Balaban J connectivity index is 2.25. The second kappa shape index (κ2) is 5.27. The van der Waals surface area contributed by atoms with Crippen LogP contribution in [0.5, 0.6) is 0 Å². The van der Waals surface area contributed by atoms with Gasteiger partial charge in [0.2, 0.25) is 0 Å². The van der Waals surface area contributed by atoms with Crippen molar-refractivity contribution in [2.24, 2.45) is 0 Å². The summed E-state index contributed by atoms with van der Waals surface area (Å²) >= 11 is 0. The van der Waals surface area contributed by atoms with Crippen LogP contribution in [-0.4, -0.2) is 4.57 Å². The van der Waals surface area contributed by atoms with Crippen LogP contribution >= 0.6 is 0 Å². The van der Waals surface area contributed by atoms with Crippen molar-refractivity contribution in [2.45, 2.75) is 27.3 Å². The van der Waals surface area contributed by atoms with Crippen LogP contribution in [0.2, 0.25) is 0 Å². The summed E-state index contributed by atoms with van der Waals surface area (Å²) in [6.07, 6.45) is 0. The van der Waals surface area contributed by atoms with Gasteiger partial charge in [-0.05, 0) is 49.1 Å². The predicted molar refractivity (Wildman–Crippen MR) is 100 cm³/mol. The number of aromatic nitrogens is 1. The van der Waals surface area contributed by atoms with E-state index < -0.39 is 0 Å². The fourth-order valence-electron chi connectivity index (χ4n) is 3.78. The molecule has 0 spiro atoms. The molecule has 0 saturated heterocycles. The molecule has 0 aliphatic rings. The van der Waals surface area contributed by atoms with Gasteiger partial charge in [0.1, 0.15) is 0 Å². The van der Waals surface area contributed by atoms with Crippen LogP contribution in [0.25, 0.3) is 32.9 Å². The van der Waals surface area contributed by atoms with Crippen molar-refractivity contribution < 1.29 is 0 Å². The van der Waals surface area contributed by atoms with Crippen molar-refractivity contribution in [1.82, 2.24) is 4.57 Å². The summed E-state index contributed by atoms with van der Waals surface area (Å²) in [7, 11) is 0. The Morgan fingerprint density at radius 2 is 1.65 bits per heavy atom. The minimum Gasteiger partial charge on any atom is -0.341 e. The van der Waals surface area contributed by atoms with Gasteiger partial charge in [-0.1, -0.05) is 54.6 Å². The predicted octanol–water partition coefficient (Wildman–Crippen LogP) is 6.10. The second-order valence-corrected chi connectivity index (χ2v) is 6.29. The summed E-state index contributed by atoms with van der Waals surface area (Å²) in [4.78, 5) is 0. The maximum atomic E-state index is 2.46. The zero-order valence-corrected chi connectivity index (χ0v) is 13.9. The molecule has 0 aliphatic heterocycles. The SMILES string of the molecule is CCn1c2cc(C)cc(-c3ccccc3)c2c2cccc(C)c21. The third kappa shape index (κ3) is 2.08. The maximum Gasteiger partial charge on any atom is 0.0521 e. The lowest BCUT2D eigenvalue weighted by Gasteiger charge is -2.08. The third-order valence-electron chi connectivity index (χ3n) is 4.73. The monoisotopic (exact) mass is 299 g/mol. The summed E-state index contributed by atoms with van der Waals surface area (Å²) < 4.78 is 2.46. The summed E-state index contributed by atoms with van der Waals surface area (Å²) in [6.45, 7) is 7.62. The van der Waals surface area contributed by atoms with Crippen LogP contribution in [0.15, 0.2) is 60.7 Å². The molecule has 114 valence electrons. The van der Waals surface area contributed by atoms with Crippen LogP contribution < -0.4 is 0 Å². The van der Waals surface area contributed by atoms with Crippen molar-refractivity contribution >= 4 is 21.8 Å². The van der Waals surface area contributed by atoms with Gasteiger partial charge >= 0.3 is 0 Å². The largest absolute Gasteiger partial charge is 0.341 e. The Morgan fingerprint density at radius 3 is 2.39 bits per heavy atom. The maximum absolute atomic E-state index is 2.46. The molecule has 0 atom stereocenters. The minimum absolute atomic E-state index is 0.989. The molecule has 3 aromatic carbocycles. The molecule has 0 saturated carbocycles. The molecule has 4 aromatic rings. The molecule has 0 radical (unpaired) electrons. The Labute approximate surface area is 137 Å². The van der Waals surface area contributed by atoms with Gasteiger partial charge < -0.3 is 4.57 Å². The number of aryl methyl sites for hydroxylation is 3. The first-order chi connectivity index (χ1) is 11.2. The lowest BCUT2D eigenvalue weighted by atomic mass is 9.97. The van der Waals surface area contributed by atoms with Gasteiger partial charge in [-0.25, -0.2) is 0 Å². The van der Waals surface area contributed by atoms with E-state index in [1.165, 1.54) is 44.1 Å². The second-order valence-electron chi connectivity index (χ2n) is 6.29. The Bertz CT molecular complexity index is 1010. The Hall–Kier alpha value is -2.54. The summed E-state index contributed by atoms with van der Waals surface area (Å²) in [5, 5.41) is 2.74. The number of para-hydroxylation sites is 1. The van der Waals surface area contributed by atoms with Gasteiger partial charge in [0.25, 0.3) is 0 Å². The van der Waals surface area contributed by atoms with Crippen LogP contribution in [0.3, 0.4) is 0 Å². The summed E-state index contributed by atoms with van der Waals surface area (Å²) in [5.74, 6) is 0. The highest BCUT2D eigenvalue weighted by atomic mass is 15.0. The van der Waals surface area contributed by atoms with E-state index in [1.54, 1.807) is 0 Å². The fraction of sp³-hybridized carbons (Fsp3) is 0.182. The molecule has 4 rings (SSSR count). The van der Waals surface area contributed by atoms with Gasteiger partial charge in [-0.2, -0.15) is 0 Å². The first-order valence-electron chi connectivity index (χ1n) is 8.28. The Kier molecular flexibility index (Phi) is 3.23. The Morgan fingerprint density at radius 1 is 0.870 bits per heavy atom. The van der Waals surface area contributed by atoms with E-state index in [-0.39, 0.29) is 0 Å². The molecule has 0 bridgehead atoms. The highest BCUT2D eigenvalue weighted by Crippen LogP contribution is 2.38. The molecule has 0 aliphatic carbocycles. The molecule has 1 nitrogen and oxygen atoms in total. The van der Waals surface area contributed by atoms with E-state index in [9.17, 15) is 0 Å². The van der Waals surface area contributed by atoms with E-state index in [4.69, 9.17) is 0 Å². The van der Waals surface area contributed by atoms with E-state index >= 15 is 0 Å². The number of rotatable bonds is 2. The molecule has 1 aromatic heterocycles. The molecule has 0 fully saturated rings. The fourth-order valence-corrected chi connectivity index (χ4v) is 3.78. The zero-order chi connectivity index (χ0) is 16.0. The van der Waals surface area contributed by atoms with Crippen molar-refractivity contribution in [2.75, 3.05) is 0 Å². The van der Waals surface area contributed by atoms with Gasteiger partial charge in [-0.3, -0.25) is 0 Å². The molecular weight excluding hydrogens is 278 g/mol. The molecule has 1 heteroatoms. The lowest BCUT2D eigenvalue weighted by Crippen LogP contribution is -1.95. The number of hydrogen-bond acceptors (Lipinski definition) is 0. The molecule has 0 amide bonds. The normalized spacial score (nSPS) is 11.4. The van der Waals surface area contributed by atoms with E-state index in [0.29, 0.717) is 0 Å². The van der Waals surface area contributed by atoms with Crippen LogP contribution in [0.1, 0.15) is 18.1 Å². The van der Waals surface area contributed by atoms with Crippen molar-refractivity contribution in [1.29, 1.82) is 0 Å². The van der Waals surface area contributed by atoms with Crippen molar-refractivity contribution in [3.8, 4) is 11.1 Å². The number of fused-ring (bicyclic) bond motifs is 3. The highest BCUT2D eigenvalue weighted by Gasteiger charge is 2.15. The van der Waals surface area contributed by atoms with Gasteiger partial charge in [0.05, 0.1) is 5.52 Å². The van der Waals surface area contributed by atoms with Crippen molar-refractivity contribution in [3.05, 3.63) is 71.8 Å². The van der Waals surface area contributed by atoms with Gasteiger partial charge in [0, 0.05) is 22.8 Å². The number of nitrogens with zero attached hydrogens (tertiary/aromatic N) is 1. The number of benzene rings is 3. The smallest absolute Gasteiger partial charge is 0.0521 e. The summed E-state index contributed by atoms with van der Waals surface area (Å²) in [5.41, 5.74) is 7.99. The van der Waals surface area contributed by atoms with Crippen LogP contribution in [0, 0.1) is 13.8 Å². The number of hydrogen-bond donors (Lipinski definition) is 0. The molecule has 0 N–H and O–H groups in total. The van der Waals surface area contributed by atoms with Crippen molar-refractivity contribution in [3.63, 3.8) is 0 Å². The first-order valence-corrected chi connectivity index (χ1v) is 8.28. The topological polar surface area (TPSA) is 4.93 Å². The molecule has 1 heterocycles. The lowest BCUT2D eigenvalue weighted by molar-refractivity contribution is 0.824. The highest BCUT2D eigenvalue weighted by molar-refractivity contribution is 6.15. The standard InChI is InChI=1S/C22H21N/c1-4-23-20-14-15(2)13-19(17-10-6-5-7-11-17)21(20)18-12-8-9-16(3)22(18)23/h5-14H,4H2,1-3H3. The average Bonchev–Trinajstić information content (AvgIpc) is 2.89. The van der Waals surface area contributed by atoms with E-state index in [1.807, 2.05) is 0 Å². The minimum atomic E-state index is 0.989. The first kappa shape index (κ1) is 14.1. The molecule has 23 heavy (non-hydrogen) atoms. The zero-order valence-electron chi connectivity index (χ0n) is 13.9.